The Kier molecular flexibility index (Phi) is 2.80. The number of fused-ring (bicyclic) bond motifs is 1. The third-order valence-electron chi connectivity index (χ3n) is 2.73. The van der Waals surface area contributed by atoms with Crippen molar-refractivity contribution in [1.82, 2.24) is 34.9 Å². The molecule has 3 aromatic heterocycles. The van der Waals surface area contributed by atoms with Crippen molar-refractivity contribution >= 4 is 17.0 Å². The number of nitrogen functional groups attached to an aromatic ring is 1. The predicted octanol–water partition coefficient (Wildman–Crippen LogP) is -0.279. The molecule has 3 rings (SSSR count). The molecule has 9 heteroatoms. The Bertz CT molecular complexity index is 702. The first-order valence-electron chi connectivity index (χ1n) is 5.58. The monoisotopic (exact) mass is 260 g/mol. The summed E-state index contributed by atoms with van der Waals surface area (Å²) in [6, 6.07) is 0. The number of aromatic amines is 1. The highest BCUT2D eigenvalue weighted by molar-refractivity contribution is 5.81. The van der Waals surface area contributed by atoms with Gasteiger partial charge in [-0.05, 0) is 0 Å². The topological polar surface area (TPSA) is 120 Å². The van der Waals surface area contributed by atoms with Crippen LogP contribution in [0.1, 0.15) is 11.4 Å². The molecule has 0 amide bonds. The largest absolute Gasteiger partial charge is 0.382 e. The second-order valence-corrected chi connectivity index (χ2v) is 3.95. The second-order valence-electron chi connectivity index (χ2n) is 3.95. The highest BCUT2D eigenvalue weighted by Crippen LogP contribution is 2.15. The number of aromatic nitrogens is 7. The molecule has 0 radical (unpaired) electrons. The molecule has 0 fully saturated rings. The predicted molar refractivity (Wildman–Crippen MR) is 65.9 cm³/mol. The van der Waals surface area contributed by atoms with Crippen molar-refractivity contribution < 1.29 is 4.74 Å². The summed E-state index contributed by atoms with van der Waals surface area (Å²) < 4.78 is 6.90. The van der Waals surface area contributed by atoms with Gasteiger partial charge in [0.1, 0.15) is 23.2 Å². The van der Waals surface area contributed by atoms with E-state index in [1.165, 1.54) is 6.33 Å². The van der Waals surface area contributed by atoms with E-state index >= 15 is 0 Å². The van der Waals surface area contributed by atoms with Gasteiger partial charge in [-0.3, -0.25) is 0 Å². The highest BCUT2D eigenvalue weighted by atomic mass is 16.5. The van der Waals surface area contributed by atoms with Gasteiger partial charge in [0.05, 0.1) is 19.5 Å². The Morgan fingerprint density at radius 2 is 2.11 bits per heavy atom. The molecule has 0 aromatic carbocycles. The lowest BCUT2D eigenvalue weighted by atomic mass is 10.3. The third-order valence-corrected chi connectivity index (χ3v) is 2.73. The van der Waals surface area contributed by atoms with Gasteiger partial charge in [0.15, 0.2) is 11.5 Å². The highest BCUT2D eigenvalue weighted by Gasteiger charge is 2.12. The quantitative estimate of drug-likeness (QED) is 0.661. The van der Waals surface area contributed by atoms with Crippen molar-refractivity contribution in [2.75, 3.05) is 12.8 Å². The van der Waals surface area contributed by atoms with Crippen molar-refractivity contribution in [2.45, 2.75) is 13.2 Å². The molecule has 0 bridgehead atoms. The number of nitrogens with zero attached hydrogens (tertiary/aromatic N) is 6. The fraction of sp³-hybridized carbons (Fsp3) is 0.300. The molecule has 3 heterocycles. The maximum atomic E-state index is 5.74. The van der Waals surface area contributed by atoms with E-state index in [9.17, 15) is 0 Å². The first-order valence-corrected chi connectivity index (χ1v) is 5.58. The molecule has 0 spiro atoms. The number of anilines is 1. The molecular weight excluding hydrogens is 248 g/mol. The molecule has 0 aliphatic heterocycles. The van der Waals surface area contributed by atoms with Crippen molar-refractivity contribution in [1.29, 1.82) is 0 Å². The zero-order chi connectivity index (χ0) is 13.2. The van der Waals surface area contributed by atoms with Gasteiger partial charge in [-0.2, -0.15) is 15.4 Å². The van der Waals surface area contributed by atoms with Crippen LogP contribution in [0.15, 0.2) is 12.7 Å². The Labute approximate surface area is 107 Å². The van der Waals surface area contributed by atoms with Crippen molar-refractivity contribution in [2.24, 2.45) is 0 Å². The Morgan fingerprint density at radius 3 is 2.95 bits per heavy atom. The Hall–Kier alpha value is -2.55. The summed E-state index contributed by atoms with van der Waals surface area (Å²) in [4.78, 5) is 12.3. The molecule has 0 aliphatic rings. The van der Waals surface area contributed by atoms with Crippen LogP contribution in [0.25, 0.3) is 11.2 Å². The van der Waals surface area contributed by atoms with Crippen LogP contribution in [-0.4, -0.2) is 42.0 Å². The molecule has 98 valence electrons. The number of H-pyrrole nitrogens is 1. The van der Waals surface area contributed by atoms with Gasteiger partial charge in [0.2, 0.25) is 0 Å². The molecule has 0 aliphatic carbocycles. The second kappa shape index (κ2) is 4.61. The van der Waals surface area contributed by atoms with Crippen LogP contribution in [0.5, 0.6) is 0 Å². The molecule has 0 saturated carbocycles. The maximum absolute atomic E-state index is 5.74. The van der Waals surface area contributed by atoms with Gasteiger partial charge in [0, 0.05) is 7.11 Å². The van der Waals surface area contributed by atoms with Crippen LogP contribution in [0, 0.1) is 0 Å². The third kappa shape index (κ3) is 1.99. The summed E-state index contributed by atoms with van der Waals surface area (Å²) in [7, 11) is 1.61. The van der Waals surface area contributed by atoms with Crippen LogP contribution in [0.2, 0.25) is 0 Å². The molecular formula is C10H12N8O. The number of nitrogens with two attached hydrogens (primary N) is 1. The average Bonchev–Trinajstić information content (AvgIpc) is 3.00. The normalized spacial score (nSPS) is 11.2. The number of hydrogen-bond acceptors (Lipinski definition) is 7. The summed E-state index contributed by atoms with van der Waals surface area (Å²) in [6.45, 7) is 0.887. The summed E-state index contributed by atoms with van der Waals surface area (Å²) in [6.07, 6.45) is 3.07. The van der Waals surface area contributed by atoms with Crippen molar-refractivity contribution in [3.63, 3.8) is 0 Å². The number of nitrogens with one attached hydrogen (secondary N) is 1. The van der Waals surface area contributed by atoms with Crippen LogP contribution in [0.3, 0.4) is 0 Å². The first-order chi connectivity index (χ1) is 9.29. The van der Waals surface area contributed by atoms with Gasteiger partial charge in [-0.1, -0.05) is 0 Å². The minimum Gasteiger partial charge on any atom is -0.382 e. The zero-order valence-corrected chi connectivity index (χ0v) is 10.2. The summed E-state index contributed by atoms with van der Waals surface area (Å²) >= 11 is 0. The van der Waals surface area contributed by atoms with Crippen LogP contribution < -0.4 is 5.73 Å². The fourth-order valence-electron chi connectivity index (χ4n) is 1.83. The van der Waals surface area contributed by atoms with Gasteiger partial charge >= 0.3 is 0 Å². The standard InChI is InChI=1S/C10H12N8O/c1-19-3-7-6(15-17-16-7)2-18-5-14-8-9(11)12-4-13-10(8)18/h4-5H,2-3H2,1H3,(H2,11,12,13)(H,15,16,17). The molecule has 9 nitrogen and oxygen atoms in total. The summed E-state index contributed by atoms with van der Waals surface area (Å²) in [5.41, 5.74) is 8.52. The minimum atomic E-state index is 0.362. The van der Waals surface area contributed by atoms with E-state index in [1.54, 1.807) is 13.4 Å². The maximum Gasteiger partial charge on any atom is 0.165 e. The number of methoxy groups -OCH3 is 1. The molecule has 0 unspecified atom stereocenters. The molecule has 0 saturated heterocycles. The number of rotatable bonds is 4. The van der Waals surface area contributed by atoms with Gasteiger partial charge < -0.3 is 15.0 Å². The number of hydrogen-bond donors (Lipinski definition) is 2. The van der Waals surface area contributed by atoms with Gasteiger partial charge in [-0.25, -0.2) is 15.0 Å². The minimum absolute atomic E-state index is 0.362. The zero-order valence-electron chi connectivity index (χ0n) is 10.2. The van der Waals surface area contributed by atoms with E-state index in [0.29, 0.717) is 30.1 Å². The summed E-state index contributed by atoms with van der Waals surface area (Å²) in [5.74, 6) is 0.362. The first kappa shape index (κ1) is 11.5. The van der Waals surface area contributed by atoms with E-state index in [-0.39, 0.29) is 0 Å². The van der Waals surface area contributed by atoms with E-state index < -0.39 is 0 Å². The van der Waals surface area contributed by atoms with E-state index in [2.05, 4.69) is 30.4 Å². The van der Waals surface area contributed by atoms with E-state index in [0.717, 1.165) is 11.4 Å². The number of ether oxygens (including phenoxy) is 1. The van der Waals surface area contributed by atoms with E-state index in [4.69, 9.17) is 10.5 Å². The summed E-state index contributed by atoms with van der Waals surface area (Å²) in [5, 5.41) is 10.7. The smallest absolute Gasteiger partial charge is 0.165 e. The SMILES string of the molecule is COCc1n[nH]nc1Cn1cnc2c(N)ncnc21. The Balaban J connectivity index is 1.97. The van der Waals surface area contributed by atoms with Crippen LogP contribution in [-0.2, 0) is 17.9 Å². The molecule has 0 atom stereocenters. The number of imidazole rings is 1. The van der Waals surface area contributed by atoms with Crippen molar-refractivity contribution in [3.8, 4) is 0 Å². The molecule has 3 N–H and O–H groups in total. The van der Waals surface area contributed by atoms with Crippen LogP contribution >= 0.6 is 0 Å². The lowest BCUT2D eigenvalue weighted by molar-refractivity contribution is 0.180. The molecule has 19 heavy (non-hydrogen) atoms. The fourth-order valence-corrected chi connectivity index (χ4v) is 1.83. The molecule has 3 aromatic rings. The van der Waals surface area contributed by atoms with E-state index in [1.807, 2.05) is 4.57 Å². The van der Waals surface area contributed by atoms with Crippen LogP contribution in [0.4, 0.5) is 5.82 Å². The van der Waals surface area contributed by atoms with Gasteiger partial charge in [-0.15, -0.1) is 0 Å². The lowest BCUT2D eigenvalue weighted by Gasteiger charge is -2.02. The van der Waals surface area contributed by atoms with Crippen molar-refractivity contribution in [3.05, 3.63) is 24.0 Å². The van der Waals surface area contributed by atoms with Gasteiger partial charge in [0.25, 0.3) is 0 Å². The Morgan fingerprint density at radius 1 is 1.26 bits per heavy atom. The average molecular weight is 260 g/mol. The lowest BCUT2D eigenvalue weighted by Crippen LogP contribution is -2.04.